The first kappa shape index (κ1) is 41.1. The maximum absolute atomic E-state index is 11.1. The lowest BCUT2D eigenvalue weighted by Crippen LogP contribution is -2.51. The molecule has 0 saturated heterocycles. The molecule has 0 fully saturated rings. The fourth-order valence-corrected chi connectivity index (χ4v) is 6.10. The van der Waals surface area contributed by atoms with E-state index in [-0.39, 0.29) is 19.3 Å². The fourth-order valence-electron chi connectivity index (χ4n) is 6.10. The fraction of sp³-hybridized carbons (Fsp3) is 0.861. The highest BCUT2D eigenvalue weighted by Gasteiger charge is 2.26. The summed E-state index contributed by atoms with van der Waals surface area (Å²) in [5.74, 6) is -2.74. The van der Waals surface area contributed by atoms with Crippen molar-refractivity contribution in [3.63, 3.8) is 0 Å². The third-order valence-corrected chi connectivity index (χ3v) is 8.70. The predicted octanol–water partition coefficient (Wildman–Crippen LogP) is 8.44. The van der Waals surface area contributed by atoms with Crippen LogP contribution in [0.15, 0.2) is 12.2 Å². The number of nitrogens with zero attached hydrogens (tertiary/aromatic N) is 1. The minimum atomic E-state index is -1.07. The molecule has 0 unspecified atom stereocenters. The van der Waals surface area contributed by atoms with Gasteiger partial charge in [0.15, 0.2) is 0 Å². The third-order valence-electron chi connectivity index (χ3n) is 8.70. The summed E-state index contributed by atoms with van der Waals surface area (Å²) in [6.07, 6.45) is 32.3. The van der Waals surface area contributed by atoms with E-state index in [0.717, 1.165) is 19.4 Å². The van der Waals surface area contributed by atoms with Crippen LogP contribution in [-0.2, 0) is 14.4 Å². The smallest absolute Gasteiger partial charge is 0.303 e. The molecule has 0 atom stereocenters. The molecule has 43 heavy (non-hydrogen) atoms. The van der Waals surface area contributed by atoms with Gasteiger partial charge in [-0.2, -0.15) is 0 Å². The monoisotopic (exact) mass is 609 g/mol. The van der Waals surface area contributed by atoms with Gasteiger partial charge in [0.25, 0.3) is 0 Å². The van der Waals surface area contributed by atoms with Crippen molar-refractivity contribution >= 4 is 17.9 Å². The zero-order valence-corrected chi connectivity index (χ0v) is 27.8. The van der Waals surface area contributed by atoms with Crippen LogP contribution in [0.4, 0.5) is 0 Å². The molecular weight excluding hydrogens is 542 g/mol. The summed E-state index contributed by atoms with van der Waals surface area (Å²) >= 11 is 0. The Morgan fingerprint density at radius 1 is 0.488 bits per heavy atom. The highest BCUT2D eigenvalue weighted by molar-refractivity contribution is 5.66. The summed E-state index contributed by atoms with van der Waals surface area (Å²) in [4.78, 5) is 33.1. The van der Waals surface area contributed by atoms with E-state index in [1.807, 2.05) is 0 Å². The molecule has 0 amide bonds. The van der Waals surface area contributed by atoms with Crippen LogP contribution < -0.4 is 5.11 Å². The standard InChI is InChI=1S/C36H67NO6/c1-2-3-4-5-6-7-8-9-10-11-12-13-14-15-16-17-18-19-20-21-22-23-30-37(31-24-27-34(38)39,32-25-28-35(40)41)33-26-29-36(42)43/h5-6H,2-4,7-33H2,1H3,(H2-,38,39,40,41,42,43)/b6-5+. The van der Waals surface area contributed by atoms with E-state index in [9.17, 15) is 19.5 Å². The Labute approximate surface area is 264 Å². The number of hydrogen-bond acceptors (Lipinski definition) is 4. The number of carbonyl (C=O) groups is 3. The lowest BCUT2D eigenvalue weighted by molar-refractivity contribution is -0.929. The van der Waals surface area contributed by atoms with Crippen molar-refractivity contribution in [2.24, 2.45) is 0 Å². The average Bonchev–Trinajstić information content (AvgIpc) is 2.95. The Morgan fingerprint density at radius 3 is 1.19 bits per heavy atom. The number of allylic oxidation sites excluding steroid dienone is 2. The van der Waals surface area contributed by atoms with E-state index >= 15 is 0 Å². The van der Waals surface area contributed by atoms with Crippen LogP contribution in [0.1, 0.15) is 174 Å². The Balaban J connectivity index is 3.97. The maximum Gasteiger partial charge on any atom is 0.303 e. The van der Waals surface area contributed by atoms with E-state index in [1.165, 1.54) is 116 Å². The molecule has 0 saturated carbocycles. The van der Waals surface area contributed by atoms with Crippen molar-refractivity contribution in [2.75, 3.05) is 26.2 Å². The van der Waals surface area contributed by atoms with Gasteiger partial charge in [0, 0.05) is 25.2 Å². The number of carbonyl (C=O) groups excluding carboxylic acids is 1. The molecule has 0 aromatic heterocycles. The molecule has 7 heteroatoms. The summed E-state index contributed by atoms with van der Waals surface area (Å²) in [5.41, 5.74) is 0. The van der Waals surface area contributed by atoms with Crippen LogP contribution in [0, 0.1) is 0 Å². The summed E-state index contributed by atoms with van der Waals surface area (Å²) in [5, 5.41) is 29.2. The number of carboxylic acids is 3. The Kier molecular flexibility index (Phi) is 28.8. The van der Waals surface area contributed by atoms with E-state index in [1.54, 1.807) is 0 Å². The molecule has 0 aliphatic rings. The first-order chi connectivity index (χ1) is 20.8. The number of aliphatic carboxylic acids is 3. The number of rotatable bonds is 34. The molecule has 0 aliphatic heterocycles. The van der Waals surface area contributed by atoms with Crippen LogP contribution >= 0.6 is 0 Å². The van der Waals surface area contributed by atoms with Crippen LogP contribution in [0.5, 0.6) is 0 Å². The number of quaternary nitrogens is 1. The molecule has 0 aliphatic carbocycles. The SMILES string of the molecule is CCCC/C=C/CCCCCCCCCCCCCCCCCC[N+](CCCC(=O)[O-])(CCCC(=O)O)CCCC(=O)O. The quantitative estimate of drug-likeness (QED) is 0.0430. The molecule has 0 radical (unpaired) electrons. The van der Waals surface area contributed by atoms with Crippen LogP contribution in [0.25, 0.3) is 0 Å². The summed E-state index contributed by atoms with van der Waals surface area (Å²) < 4.78 is 0.616. The first-order valence-corrected chi connectivity index (χ1v) is 17.9. The zero-order chi connectivity index (χ0) is 31.9. The minimum Gasteiger partial charge on any atom is -0.550 e. The van der Waals surface area contributed by atoms with Crippen molar-refractivity contribution in [1.29, 1.82) is 0 Å². The van der Waals surface area contributed by atoms with Crippen molar-refractivity contribution in [1.82, 2.24) is 0 Å². The van der Waals surface area contributed by atoms with Gasteiger partial charge in [-0.15, -0.1) is 0 Å². The summed E-state index contributed by atoms with van der Waals surface area (Å²) in [7, 11) is 0. The molecule has 7 nitrogen and oxygen atoms in total. The normalized spacial score (nSPS) is 11.8. The highest BCUT2D eigenvalue weighted by Crippen LogP contribution is 2.19. The van der Waals surface area contributed by atoms with Gasteiger partial charge in [0.2, 0.25) is 0 Å². The lowest BCUT2D eigenvalue weighted by Gasteiger charge is -2.39. The molecule has 0 aromatic carbocycles. The van der Waals surface area contributed by atoms with Gasteiger partial charge in [-0.25, -0.2) is 0 Å². The Bertz CT molecular complexity index is 658. The van der Waals surface area contributed by atoms with Crippen molar-refractivity contribution in [2.45, 2.75) is 174 Å². The van der Waals surface area contributed by atoms with Gasteiger partial charge in [-0.1, -0.05) is 115 Å². The van der Waals surface area contributed by atoms with Gasteiger partial charge in [0.05, 0.1) is 39.0 Å². The predicted molar refractivity (Wildman–Crippen MR) is 175 cm³/mol. The zero-order valence-electron chi connectivity index (χ0n) is 27.8. The lowest BCUT2D eigenvalue weighted by atomic mass is 10.0. The second-order valence-electron chi connectivity index (χ2n) is 12.8. The Hall–Kier alpha value is -1.89. The summed E-state index contributed by atoms with van der Waals surface area (Å²) in [6.45, 7) is 5.02. The molecule has 0 bridgehead atoms. The highest BCUT2D eigenvalue weighted by atomic mass is 16.4. The van der Waals surface area contributed by atoms with Crippen LogP contribution in [-0.4, -0.2) is 58.8 Å². The van der Waals surface area contributed by atoms with E-state index in [4.69, 9.17) is 10.2 Å². The third kappa shape index (κ3) is 29.9. The molecule has 2 N–H and O–H groups in total. The second-order valence-corrected chi connectivity index (χ2v) is 12.8. The largest absolute Gasteiger partial charge is 0.550 e. The van der Waals surface area contributed by atoms with Crippen LogP contribution in [0.2, 0.25) is 0 Å². The van der Waals surface area contributed by atoms with Gasteiger partial charge >= 0.3 is 11.9 Å². The average molecular weight is 610 g/mol. The molecule has 252 valence electrons. The van der Waals surface area contributed by atoms with Gasteiger partial charge < -0.3 is 24.6 Å². The minimum absolute atomic E-state index is 0.0185. The van der Waals surface area contributed by atoms with Crippen molar-refractivity contribution < 1.29 is 34.2 Å². The van der Waals surface area contributed by atoms with E-state index in [2.05, 4.69) is 19.1 Å². The first-order valence-electron chi connectivity index (χ1n) is 17.9. The number of carboxylic acid groups (broad SMARTS) is 3. The second kappa shape index (κ2) is 30.1. The molecule has 0 rings (SSSR count). The van der Waals surface area contributed by atoms with Crippen molar-refractivity contribution in [3.05, 3.63) is 12.2 Å². The van der Waals surface area contributed by atoms with E-state index < -0.39 is 17.9 Å². The Morgan fingerprint density at radius 2 is 0.814 bits per heavy atom. The van der Waals surface area contributed by atoms with Gasteiger partial charge in [-0.05, 0) is 38.5 Å². The molecule has 0 aromatic rings. The molecule has 0 heterocycles. The maximum atomic E-state index is 11.1. The number of hydrogen-bond donors (Lipinski definition) is 2. The van der Waals surface area contributed by atoms with Gasteiger partial charge in [0.1, 0.15) is 0 Å². The number of unbranched alkanes of at least 4 members (excludes halogenated alkanes) is 18. The van der Waals surface area contributed by atoms with E-state index in [0.29, 0.717) is 43.4 Å². The molecular formula is C36H67NO6. The molecule has 0 spiro atoms. The summed E-state index contributed by atoms with van der Waals surface area (Å²) in [6, 6.07) is 0. The van der Waals surface area contributed by atoms with Crippen LogP contribution in [0.3, 0.4) is 0 Å². The van der Waals surface area contributed by atoms with Crippen molar-refractivity contribution in [3.8, 4) is 0 Å². The topological polar surface area (TPSA) is 115 Å². The van der Waals surface area contributed by atoms with Gasteiger partial charge in [-0.3, -0.25) is 9.59 Å².